The van der Waals surface area contributed by atoms with Gasteiger partial charge in [-0.05, 0) is 50.2 Å². The predicted molar refractivity (Wildman–Crippen MR) is 81.6 cm³/mol. The monoisotopic (exact) mass is 272 g/mol. The van der Waals surface area contributed by atoms with E-state index in [1.165, 1.54) is 31.3 Å². The van der Waals surface area contributed by atoms with Crippen molar-refractivity contribution in [3.8, 4) is 5.75 Å². The number of para-hydroxylation sites is 1. The molecule has 0 heterocycles. The first-order valence-corrected chi connectivity index (χ1v) is 7.71. The third-order valence-electron chi connectivity index (χ3n) is 4.04. The summed E-state index contributed by atoms with van der Waals surface area (Å²) in [6.45, 7) is 2.27. The van der Waals surface area contributed by atoms with Crippen molar-refractivity contribution in [2.45, 2.75) is 51.9 Å². The first kappa shape index (κ1) is 14.8. The smallest absolute Gasteiger partial charge is 0.311 e. The Labute approximate surface area is 121 Å². The van der Waals surface area contributed by atoms with Crippen LogP contribution in [0.3, 0.4) is 0 Å². The SMILES string of the molecule is CCC1CC=C(CCCC(=O)Oc2ccccc2)CC1. The molecular formula is C18H24O2. The van der Waals surface area contributed by atoms with Gasteiger partial charge in [-0.2, -0.15) is 0 Å². The molecule has 0 fully saturated rings. The van der Waals surface area contributed by atoms with Crippen LogP contribution in [0.5, 0.6) is 5.75 Å². The van der Waals surface area contributed by atoms with E-state index in [1.807, 2.05) is 30.3 Å². The standard InChI is InChI=1S/C18H24O2/c1-2-15-11-13-16(14-12-15)7-6-10-18(19)20-17-8-4-3-5-9-17/h3-5,8-9,13,15H,2,6-7,10-12,14H2,1H3. The lowest BCUT2D eigenvalue weighted by atomic mass is 9.86. The van der Waals surface area contributed by atoms with Crippen LogP contribution in [0, 0.1) is 5.92 Å². The average molecular weight is 272 g/mol. The molecule has 1 aliphatic rings. The summed E-state index contributed by atoms with van der Waals surface area (Å²) in [5.74, 6) is 1.39. The van der Waals surface area contributed by atoms with Crippen LogP contribution in [0.25, 0.3) is 0 Å². The number of carbonyl (C=O) groups excluding carboxylic acids is 1. The van der Waals surface area contributed by atoms with Crippen molar-refractivity contribution < 1.29 is 9.53 Å². The van der Waals surface area contributed by atoms with Gasteiger partial charge in [-0.3, -0.25) is 4.79 Å². The van der Waals surface area contributed by atoms with Gasteiger partial charge in [0.05, 0.1) is 0 Å². The van der Waals surface area contributed by atoms with E-state index in [0.717, 1.165) is 18.8 Å². The molecule has 0 N–H and O–H groups in total. The fraction of sp³-hybridized carbons (Fsp3) is 0.500. The van der Waals surface area contributed by atoms with Crippen LogP contribution in [-0.2, 0) is 4.79 Å². The summed E-state index contributed by atoms with van der Waals surface area (Å²) in [5.41, 5.74) is 1.53. The molecule has 108 valence electrons. The van der Waals surface area contributed by atoms with Crippen LogP contribution in [0.4, 0.5) is 0 Å². The number of rotatable bonds is 6. The van der Waals surface area contributed by atoms with Gasteiger partial charge in [0.2, 0.25) is 0 Å². The summed E-state index contributed by atoms with van der Waals surface area (Å²) in [6, 6.07) is 9.29. The van der Waals surface area contributed by atoms with Crippen molar-refractivity contribution in [2.75, 3.05) is 0 Å². The van der Waals surface area contributed by atoms with E-state index in [1.54, 1.807) is 0 Å². The first-order chi connectivity index (χ1) is 9.78. The Balaban J connectivity index is 1.66. The summed E-state index contributed by atoms with van der Waals surface area (Å²) < 4.78 is 5.28. The summed E-state index contributed by atoms with van der Waals surface area (Å²) in [4.78, 5) is 11.7. The molecule has 1 aromatic carbocycles. The zero-order valence-electron chi connectivity index (χ0n) is 12.3. The van der Waals surface area contributed by atoms with Gasteiger partial charge in [0.15, 0.2) is 0 Å². The fourth-order valence-corrected chi connectivity index (χ4v) is 2.67. The van der Waals surface area contributed by atoms with Crippen LogP contribution < -0.4 is 4.74 Å². The summed E-state index contributed by atoms with van der Waals surface area (Å²) >= 11 is 0. The molecule has 2 rings (SSSR count). The second-order valence-electron chi connectivity index (χ2n) is 5.55. The van der Waals surface area contributed by atoms with Gasteiger partial charge in [-0.1, -0.05) is 43.2 Å². The lowest BCUT2D eigenvalue weighted by Gasteiger charge is -2.20. The molecule has 1 aliphatic carbocycles. The third kappa shape index (κ3) is 4.84. The molecule has 0 aromatic heterocycles. The largest absolute Gasteiger partial charge is 0.427 e. The summed E-state index contributed by atoms with van der Waals surface area (Å²) in [7, 11) is 0. The van der Waals surface area contributed by atoms with Crippen molar-refractivity contribution in [1.82, 2.24) is 0 Å². The predicted octanol–water partition coefficient (Wildman–Crippen LogP) is 4.90. The highest BCUT2D eigenvalue weighted by Gasteiger charge is 2.13. The van der Waals surface area contributed by atoms with Crippen molar-refractivity contribution >= 4 is 5.97 Å². The second kappa shape index (κ2) is 7.88. The van der Waals surface area contributed by atoms with Gasteiger partial charge >= 0.3 is 5.97 Å². The number of hydrogen-bond acceptors (Lipinski definition) is 2. The molecule has 2 nitrogen and oxygen atoms in total. The maximum atomic E-state index is 11.7. The molecule has 0 saturated heterocycles. The van der Waals surface area contributed by atoms with Gasteiger partial charge in [0.25, 0.3) is 0 Å². The molecule has 1 atom stereocenters. The Morgan fingerprint density at radius 3 is 2.75 bits per heavy atom. The second-order valence-corrected chi connectivity index (χ2v) is 5.55. The van der Waals surface area contributed by atoms with Crippen LogP contribution in [0.2, 0.25) is 0 Å². The number of allylic oxidation sites excluding steroid dienone is 2. The van der Waals surface area contributed by atoms with E-state index in [2.05, 4.69) is 13.0 Å². The van der Waals surface area contributed by atoms with E-state index in [-0.39, 0.29) is 5.97 Å². The van der Waals surface area contributed by atoms with Gasteiger partial charge in [0.1, 0.15) is 5.75 Å². The Morgan fingerprint density at radius 1 is 1.30 bits per heavy atom. The Morgan fingerprint density at radius 2 is 2.10 bits per heavy atom. The van der Waals surface area contributed by atoms with Crippen LogP contribution in [-0.4, -0.2) is 5.97 Å². The van der Waals surface area contributed by atoms with E-state index >= 15 is 0 Å². The molecule has 1 unspecified atom stereocenters. The highest BCUT2D eigenvalue weighted by molar-refractivity contribution is 5.72. The van der Waals surface area contributed by atoms with Crippen molar-refractivity contribution in [3.05, 3.63) is 42.0 Å². The fourth-order valence-electron chi connectivity index (χ4n) is 2.67. The number of carbonyl (C=O) groups is 1. The van der Waals surface area contributed by atoms with E-state index in [0.29, 0.717) is 12.2 Å². The number of ether oxygens (including phenoxy) is 1. The van der Waals surface area contributed by atoms with Gasteiger partial charge in [0, 0.05) is 6.42 Å². The Kier molecular flexibility index (Phi) is 5.85. The van der Waals surface area contributed by atoms with E-state index in [4.69, 9.17) is 4.74 Å². The lowest BCUT2D eigenvalue weighted by Crippen LogP contribution is -2.08. The molecule has 0 radical (unpaired) electrons. The van der Waals surface area contributed by atoms with Gasteiger partial charge < -0.3 is 4.74 Å². The number of benzene rings is 1. The maximum Gasteiger partial charge on any atom is 0.311 e. The zero-order valence-corrected chi connectivity index (χ0v) is 12.3. The van der Waals surface area contributed by atoms with Crippen molar-refractivity contribution in [2.24, 2.45) is 5.92 Å². The Hall–Kier alpha value is -1.57. The minimum atomic E-state index is -0.126. The first-order valence-electron chi connectivity index (χ1n) is 7.71. The van der Waals surface area contributed by atoms with Crippen LogP contribution in [0.15, 0.2) is 42.0 Å². The van der Waals surface area contributed by atoms with Gasteiger partial charge in [-0.15, -0.1) is 0 Å². The molecule has 0 bridgehead atoms. The van der Waals surface area contributed by atoms with Crippen molar-refractivity contribution in [3.63, 3.8) is 0 Å². The molecule has 2 heteroatoms. The number of esters is 1. The average Bonchev–Trinajstić information content (AvgIpc) is 2.49. The van der Waals surface area contributed by atoms with E-state index in [9.17, 15) is 4.79 Å². The quantitative estimate of drug-likeness (QED) is 0.418. The van der Waals surface area contributed by atoms with Crippen LogP contribution >= 0.6 is 0 Å². The molecule has 20 heavy (non-hydrogen) atoms. The zero-order chi connectivity index (χ0) is 14.2. The summed E-state index contributed by atoms with van der Waals surface area (Å²) in [6.07, 6.45) is 9.87. The molecule has 0 spiro atoms. The summed E-state index contributed by atoms with van der Waals surface area (Å²) in [5, 5.41) is 0. The Bertz CT molecular complexity index is 448. The third-order valence-corrected chi connectivity index (χ3v) is 4.04. The van der Waals surface area contributed by atoms with Crippen LogP contribution in [0.1, 0.15) is 51.9 Å². The topological polar surface area (TPSA) is 26.3 Å². The lowest BCUT2D eigenvalue weighted by molar-refractivity contribution is -0.134. The van der Waals surface area contributed by atoms with Gasteiger partial charge in [-0.25, -0.2) is 0 Å². The highest BCUT2D eigenvalue weighted by Crippen LogP contribution is 2.28. The molecule has 0 aliphatic heterocycles. The maximum absolute atomic E-state index is 11.7. The van der Waals surface area contributed by atoms with E-state index < -0.39 is 0 Å². The number of hydrogen-bond donors (Lipinski definition) is 0. The minimum Gasteiger partial charge on any atom is -0.427 e. The highest BCUT2D eigenvalue weighted by atomic mass is 16.5. The molecule has 1 aromatic rings. The molecule has 0 saturated carbocycles. The molecular weight excluding hydrogens is 248 g/mol. The minimum absolute atomic E-state index is 0.126. The molecule has 0 amide bonds. The van der Waals surface area contributed by atoms with Crippen molar-refractivity contribution in [1.29, 1.82) is 0 Å². The normalized spacial score (nSPS) is 18.4.